The second-order valence-corrected chi connectivity index (χ2v) is 6.11. The molecule has 2 atom stereocenters. The Morgan fingerprint density at radius 3 is 2.72 bits per heavy atom. The molecule has 0 aliphatic carbocycles. The number of hydrogen-bond donors (Lipinski definition) is 1. The lowest BCUT2D eigenvalue weighted by Crippen LogP contribution is -2.40. The number of rotatable bonds is 3. The standard InChI is InChI=1S/C17H22F3N3O2/c1-11-9-23(10-14(11)15(24)25-3)16(21-2)22-8-12-5-4-6-13(7-12)17(18,19)20/h4-7,11,14H,8-10H2,1-3H3,(H,21,22). The van der Waals surface area contributed by atoms with Crippen LogP contribution >= 0.6 is 0 Å². The van der Waals surface area contributed by atoms with Crippen molar-refractivity contribution < 1.29 is 22.7 Å². The van der Waals surface area contributed by atoms with Crippen LogP contribution in [0, 0.1) is 11.8 Å². The minimum atomic E-state index is -4.37. The van der Waals surface area contributed by atoms with Crippen molar-refractivity contribution in [3.8, 4) is 0 Å². The number of halogens is 3. The van der Waals surface area contributed by atoms with E-state index < -0.39 is 11.7 Å². The number of carbonyl (C=O) groups excluding carboxylic acids is 1. The van der Waals surface area contributed by atoms with E-state index in [2.05, 4.69) is 10.3 Å². The number of benzene rings is 1. The Morgan fingerprint density at radius 2 is 2.12 bits per heavy atom. The number of nitrogens with zero attached hydrogens (tertiary/aromatic N) is 2. The molecule has 0 aromatic heterocycles. The normalized spacial score (nSPS) is 21.4. The summed E-state index contributed by atoms with van der Waals surface area (Å²) < 4.78 is 43.1. The molecule has 1 aliphatic rings. The van der Waals surface area contributed by atoms with Crippen molar-refractivity contribution in [1.29, 1.82) is 0 Å². The molecule has 0 amide bonds. The van der Waals surface area contributed by atoms with Crippen LogP contribution in [0.4, 0.5) is 13.2 Å². The third-order valence-corrected chi connectivity index (χ3v) is 4.33. The molecule has 1 aromatic rings. The van der Waals surface area contributed by atoms with Crippen LogP contribution < -0.4 is 5.32 Å². The van der Waals surface area contributed by atoms with Gasteiger partial charge in [-0.1, -0.05) is 19.1 Å². The molecular formula is C17H22F3N3O2. The highest BCUT2D eigenvalue weighted by Gasteiger charge is 2.37. The monoisotopic (exact) mass is 357 g/mol. The predicted molar refractivity (Wildman–Crippen MR) is 87.9 cm³/mol. The van der Waals surface area contributed by atoms with E-state index >= 15 is 0 Å². The Labute approximate surface area is 144 Å². The van der Waals surface area contributed by atoms with Gasteiger partial charge >= 0.3 is 12.1 Å². The van der Waals surface area contributed by atoms with Crippen LogP contribution in [0.1, 0.15) is 18.1 Å². The summed E-state index contributed by atoms with van der Waals surface area (Å²) in [4.78, 5) is 17.9. The largest absolute Gasteiger partial charge is 0.469 e. The van der Waals surface area contributed by atoms with Crippen molar-refractivity contribution in [2.24, 2.45) is 16.8 Å². The molecule has 2 rings (SSSR count). The van der Waals surface area contributed by atoms with Gasteiger partial charge in [-0.25, -0.2) is 0 Å². The van der Waals surface area contributed by atoms with Gasteiger partial charge in [-0.15, -0.1) is 0 Å². The molecule has 8 heteroatoms. The summed E-state index contributed by atoms with van der Waals surface area (Å²) in [6, 6.07) is 5.17. The second kappa shape index (κ2) is 7.76. The highest BCUT2D eigenvalue weighted by molar-refractivity contribution is 5.82. The van der Waals surface area contributed by atoms with Gasteiger partial charge in [-0.05, 0) is 23.6 Å². The van der Waals surface area contributed by atoms with Crippen LogP contribution in [0.15, 0.2) is 29.3 Å². The summed E-state index contributed by atoms with van der Waals surface area (Å²) in [5.74, 6) is 0.163. The maximum atomic E-state index is 12.8. The fourth-order valence-corrected chi connectivity index (χ4v) is 2.97. The fraction of sp³-hybridized carbons (Fsp3) is 0.529. The Balaban J connectivity index is 2.01. The first-order valence-corrected chi connectivity index (χ1v) is 7.95. The molecule has 1 aromatic carbocycles. The SMILES string of the molecule is CN=C(NCc1cccc(C(F)(F)F)c1)N1CC(C)C(C(=O)OC)C1. The predicted octanol–water partition coefficient (Wildman–Crippen LogP) is 2.52. The lowest BCUT2D eigenvalue weighted by Gasteiger charge is -2.21. The third-order valence-electron chi connectivity index (χ3n) is 4.33. The lowest BCUT2D eigenvalue weighted by molar-refractivity contribution is -0.146. The van der Waals surface area contributed by atoms with Crippen molar-refractivity contribution in [2.45, 2.75) is 19.6 Å². The van der Waals surface area contributed by atoms with Gasteiger partial charge in [0.2, 0.25) is 0 Å². The molecule has 0 spiro atoms. The Hall–Kier alpha value is -2.25. The average molecular weight is 357 g/mol. The van der Waals surface area contributed by atoms with Crippen LogP contribution in [0.3, 0.4) is 0 Å². The van der Waals surface area contributed by atoms with Gasteiger partial charge in [0, 0.05) is 26.7 Å². The van der Waals surface area contributed by atoms with Crippen LogP contribution in [0.5, 0.6) is 0 Å². The van der Waals surface area contributed by atoms with Gasteiger partial charge in [0.25, 0.3) is 0 Å². The van der Waals surface area contributed by atoms with E-state index in [1.54, 1.807) is 13.1 Å². The molecule has 1 fully saturated rings. The van der Waals surface area contributed by atoms with Crippen molar-refractivity contribution >= 4 is 11.9 Å². The van der Waals surface area contributed by atoms with Gasteiger partial charge < -0.3 is 15.0 Å². The van der Waals surface area contributed by atoms with Crippen LogP contribution in [-0.4, -0.2) is 44.1 Å². The maximum Gasteiger partial charge on any atom is 0.416 e. The van der Waals surface area contributed by atoms with E-state index in [-0.39, 0.29) is 24.3 Å². The molecule has 1 N–H and O–H groups in total. The number of hydrogen-bond acceptors (Lipinski definition) is 3. The highest BCUT2D eigenvalue weighted by atomic mass is 19.4. The summed E-state index contributed by atoms with van der Waals surface area (Å²) in [6.07, 6.45) is -4.37. The molecule has 2 unspecified atom stereocenters. The summed E-state index contributed by atoms with van der Waals surface area (Å²) >= 11 is 0. The first-order valence-electron chi connectivity index (χ1n) is 7.95. The number of carbonyl (C=O) groups is 1. The van der Waals surface area contributed by atoms with Crippen molar-refractivity contribution in [2.75, 3.05) is 27.2 Å². The van der Waals surface area contributed by atoms with E-state index in [1.165, 1.54) is 13.2 Å². The Bertz CT molecular complexity index is 646. The van der Waals surface area contributed by atoms with Crippen molar-refractivity contribution in [1.82, 2.24) is 10.2 Å². The summed E-state index contributed by atoms with van der Waals surface area (Å²) in [5, 5.41) is 3.06. The first kappa shape index (κ1) is 19.1. The van der Waals surface area contributed by atoms with Gasteiger partial charge in [0.1, 0.15) is 0 Å². The second-order valence-electron chi connectivity index (χ2n) is 6.11. The van der Waals surface area contributed by atoms with Crippen LogP contribution in [0.2, 0.25) is 0 Å². The molecule has 138 valence electrons. The van der Waals surface area contributed by atoms with Gasteiger partial charge in [-0.2, -0.15) is 13.2 Å². The Morgan fingerprint density at radius 1 is 1.40 bits per heavy atom. The third kappa shape index (κ3) is 4.64. The quantitative estimate of drug-likeness (QED) is 0.513. The van der Waals surface area contributed by atoms with Crippen LogP contribution in [-0.2, 0) is 22.3 Å². The number of nitrogens with one attached hydrogen (secondary N) is 1. The van der Waals surface area contributed by atoms with E-state index in [4.69, 9.17) is 4.74 Å². The molecule has 0 radical (unpaired) electrons. The molecular weight excluding hydrogens is 335 g/mol. The van der Waals surface area contributed by atoms with E-state index in [0.717, 1.165) is 12.1 Å². The first-order chi connectivity index (χ1) is 11.8. The van der Waals surface area contributed by atoms with Crippen molar-refractivity contribution in [3.05, 3.63) is 35.4 Å². The zero-order chi connectivity index (χ0) is 18.6. The topological polar surface area (TPSA) is 53.9 Å². The minimum Gasteiger partial charge on any atom is -0.469 e. The van der Waals surface area contributed by atoms with Gasteiger partial charge in [-0.3, -0.25) is 9.79 Å². The number of aliphatic imine (C=N–C) groups is 1. The smallest absolute Gasteiger partial charge is 0.416 e. The molecule has 1 saturated heterocycles. The van der Waals surface area contributed by atoms with Gasteiger partial charge in [0.15, 0.2) is 5.96 Å². The number of esters is 1. The minimum absolute atomic E-state index is 0.111. The molecule has 25 heavy (non-hydrogen) atoms. The zero-order valence-electron chi connectivity index (χ0n) is 14.4. The van der Waals surface area contributed by atoms with Crippen molar-refractivity contribution in [3.63, 3.8) is 0 Å². The molecule has 5 nitrogen and oxygen atoms in total. The molecule has 1 aliphatic heterocycles. The number of methoxy groups -OCH3 is 1. The molecule has 0 bridgehead atoms. The Kier molecular flexibility index (Phi) is 5.92. The maximum absolute atomic E-state index is 12.8. The summed E-state index contributed by atoms with van der Waals surface area (Å²) in [6.45, 7) is 3.27. The number of guanidine groups is 1. The van der Waals surface area contributed by atoms with Gasteiger partial charge in [0.05, 0.1) is 18.6 Å². The average Bonchev–Trinajstić information content (AvgIpc) is 2.96. The van der Waals surface area contributed by atoms with Crippen LogP contribution in [0.25, 0.3) is 0 Å². The fourth-order valence-electron chi connectivity index (χ4n) is 2.97. The molecule has 1 heterocycles. The zero-order valence-corrected chi connectivity index (χ0v) is 14.4. The highest BCUT2D eigenvalue weighted by Crippen LogP contribution is 2.29. The summed E-state index contributed by atoms with van der Waals surface area (Å²) in [5.41, 5.74) is -0.171. The molecule has 0 saturated carbocycles. The number of likely N-dealkylation sites (tertiary alicyclic amines) is 1. The van der Waals surface area contributed by atoms with E-state index in [1.807, 2.05) is 11.8 Å². The lowest BCUT2D eigenvalue weighted by atomic mass is 9.99. The van der Waals surface area contributed by atoms with E-state index in [9.17, 15) is 18.0 Å². The summed E-state index contributed by atoms with van der Waals surface area (Å²) in [7, 11) is 2.96. The number of alkyl halides is 3. The number of ether oxygens (including phenoxy) is 1. The van der Waals surface area contributed by atoms with E-state index in [0.29, 0.717) is 24.6 Å².